The SMILES string of the molecule is Cc1ccccc1C(=O)NNc1ncnc(N2CCc3ccccc32)c1N. The van der Waals surface area contributed by atoms with Crippen molar-refractivity contribution >= 4 is 28.9 Å². The number of anilines is 4. The second-order valence-corrected chi connectivity index (χ2v) is 6.38. The van der Waals surface area contributed by atoms with Crippen LogP contribution in [0.1, 0.15) is 21.5 Å². The Bertz CT molecular complexity index is 1000. The highest BCUT2D eigenvalue weighted by Gasteiger charge is 2.24. The molecule has 27 heavy (non-hydrogen) atoms. The van der Waals surface area contributed by atoms with Crippen LogP contribution in [0.4, 0.5) is 23.0 Å². The highest BCUT2D eigenvalue weighted by atomic mass is 16.2. The molecule has 1 aliphatic rings. The summed E-state index contributed by atoms with van der Waals surface area (Å²) in [4.78, 5) is 23.0. The first-order valence-electron chi connectivity index (χ1n) is 8.73. The van der Waals surface area contributed by atoms with E-state index in [9.17, 15) is 4.79 Å². The van der Waals surface area contributed by atoms with Crippen molar-refractivity contribution in [3.63, 3.8) is 0 Å². The quantitative estimate of drug-likeness (QED) is 0.619. The van der Waals surface area contributed by atoms with Crippen LogP contribution in [-0.2, 0) is 6.42 Å². The van der Waals surface area contributed by atoms with E-state index >= 15 is 0 Å². The number of nitrogens with two attached hydrogens (primary N) is 1. The molecule has 1 aliphatic heterocycles. The Morgan fingerprint density at radius 2 is 1.89 bits per heavy atom. The average molecular weight is 360 g/mol. The van der Waals surface area contributed by atoms with Crippen molar-refractivity contribution in [3.05, 3.63) is 71.5 Å². The molecule has 0 bridgehead atoms. The van der Waals surface area contributed by atoms with E-state index in [2.05, 4.69) is 37.9 Å². The van der Waals surface area contributed by atoms with Crippen molar-refractivity contribution in [2.75, 3.05) is 22.6 Å². The maximum atomic E-state index is 12.4. The van der Waals surface area contributed by atoms with Gasteiger partial charge in [-0.3, -0.25) is 15.6 Å². The van der Waals surface area contributed by atoms with Crippen LogP contribution in [0.25, 0.3) is 0 Å². The number of rotatable bonds is 4. The van der Waals surface area contributed by atoms with Gasteiger partial charge in [0.1, 0.15) is 12.0 Å². The summed E-state index contributed by atoms with van der Waals surface area (Å²) in [5.74, 6) is 0.744. The van der Waals surface area contributed by atoms with Crippen molar-refractivity contribution in [2.45, 2.75) is 13.3 Å². The van der Waals surface area contributed by atoms with Gasteiger partial charge in [-0.05, 0) is 36.6 Å². The lowest BCUT2D eigenvalue weighted by molar-refractivity contribution is 0.0962. The third kappa shape index (κ3) is 3.15. The number of aromatic nitrogens is 2. The first-order valence-corrected chi connectivity index (χ1v) is 8.73. The van der Waals surface area contributed by atoms with Gasteiger partial charge in [0.15, 0.2) is 11.6 Å². The van der Waals surface area contributed by atoms with Crippen LogP contribution in [0.3, 0.4) is 0 Å². The lowest BCUT2D eigenvalue weighted by Gasteiger charge is -2.21. The molecule has 2 aromatic carbocycles. The Morgan fingerprint density at radius 3 is 2.74 bits per heavy atom. The van der Waals surface area contributed by atoms with E-state index in [1.165, 1.54) is 11.9 Å². The first-order chi connectivity index (χ1) is 13.1. The Hall–Kier alpha value is -3.61. The minimum absolute atomic E-state index is 0.251. The van der Waals surface area contributed by atoms with E-state index < -0.39 is 0 Å². The number of nitrogens with one attached hydrogen (secondary N) is 2. The molecule has 1 aromatic heterocycles. The summed E-state index contributed by atoms with van der Waals surface area (Å²) in [6.07, 6.45) is 2.38. The molecule has 4 N–H and O–H groups in total. The van der Waals surface area contributed by atoms with Crippen LogP contribution in [0.15, 0.2) is 54.9 Å². The summed E-state index contributed by atoms with van der Waals surface area (Å²) in [7, 11) is 0. The Balaban J connectivity index is 1.55. The van der Waals surface area contributed by atoms with Crippen molar-refractivity contribution in [3.8, 4) is 0 Å². The molecule has 7 nitrogen and oxygen atoms in total. The zero-order valence-corrected chi connectivity index (χ0v) is 14.9. The van der Waals surface area contributed by atoms with Crippen LogP contribution in [0, 0.1) is 6.92 Å². The van der Waals surface area contributed by atoms with Crippen LogP contribution >= 0.6 is 0 Å². The van der Waals surface area contributed by atoms with Crippen molar-refractivity contribution < 1.29 is 4.79 Å². The second-order valence-electron chi connectivity index (χ2n) is 6.38. The normalized spacial score (nSPS) is 12.6. The molecule has 2 heterocycles. The minimum atomic E-state index is -0.251. The zero-order chi connectivity index (χ0) is 18.8. The number of aryl methyl sites for hydroxylation is 1. The zero-order valence-electron chi connectivity index (χ0n) is 14.9. The van der Waals surface area contributed by atoms with E-state index in [0.717, 1.165) is 24.2 Å². The van der Waals surface area contributed by atoms with Crippen molar-refractivity contribution in [1.29, 1.82) is 0 Å². The standard InChI is InChI=1S/C20H20N6O/c1-13-6-2-4-8-15(13)20(27)25-24-18-17(21)19(23-12-22-18)26-11-10-14-7-3-5-9-16(14)26/h2-9,12H,10-11,21H2,1H3,(H,25,27)(H,22,23,24). The number of hydrogen-bond acceptors (Lipinski definition) is 6. The summed E-state index contributed by atoms with van der Waals surface area (Å²) in [6.45, 7) is 2.69. The molecule has 0 fully saturated rings. The number of hydrogen-bond donors (Lipinski definition) is 3. The van der Waals surface area contributed by atoms with Crippen molar-refractivity contribution in [2.24, 2.45) is 0 Å². The molecule has 0 atom stereocenters. The van der Waals surface area contributed by atoms with Crippen LogP contribution in [0.5, 0.6) is 0 Å². The number of hydrazine groups is 1. The molecule has 0 aliphatic carbocycles. The lowest BCUT2D eigenvalue weighted by Crippen LogP contribution is -2.31. The molecule has 3 aromatic rings. The number of para-hydroxylation sites is 1. The molecule has 7 heteroatoms. The fraction of sp³-hybridized carbons (Fsp3) is 0.150. The third-order valence-corrected chi connectivity index (χ3v) is 4.69. The summed E-state index contributed by atoms with van der Waals surface area (Å²) in [5, 5.41) is 0. The minimum Gasteiger partial charge on any atom is -0.393 e. The van der Waals surface area contributed by atoms with Gasteiger partial charge in [0.25, 0.3) is 5.91 Å². The fourth-order valence-corrected chi connectivity index (χ4v) is 3.27. The van der Waals surface area contributed by atoms with Gasteiger partial charge in [-0.25, -0.2) is 9.97 Å². The number of nitrogens with zero attached hydrogens (tertiary/aromatic N) is 3. The summed E-state index contributed by atoms with van der Waals surface area (Å²) < 4.78 is 0. The predicted molar refractivity (Wildman–Crippen MR) is 106 cm³/mol. The maximum absolute atomic E-state index is 12.4. The molecule has 4 rings (SSSR count). The van der Waals surface area contributed by atoms with Gasteiger partial charge in [0, 0.05) is 17.8 Å². The molecule has 0 saturated carbocycles. The molecule has 1 amide bonds. The summed E-state index contributed by atoms with van der Waals surface area (Å²) in [6, 6.07) is 15.5. The third-order valence-electron chi connectivity index (χ3n) is 4.69. The van der Waals surface area contributed by atoms with Crippen LogP contribution in [0.2, 0.25) is 0 Å². The topological polar surface area (TPSA) is 96.2 Å². The number of carbonyl (C=O) groups excluding carboxylic acids is 1. The molecule has 0 radical (unpaired) electrons. The van der Waals surface area contributed by atoms with E-state index in [4.69, 9.17) is 5.73 Å². The monoisotopic (exact) mass is 360 g/mol. The molecule has 0 spiro atoms. The van der Waals surface area contributed by atoms with E-state index in [0.29, 0.717) is 22.9 Å². The Labute approximate surface area is 157 Å². The van der Waals surface area contributed by atoms with Crippen LogP contribution < -0.4 is 21.5 Å². The van der Waals surface area contributed by atoms with E-state index in [1.807, 2.05) is 37.3 Å². The highest BCUT2D eigenvalue weighted by molar-refractivity contribution is 5.96. The number of carbonyl (C=O) groups is 1. The maximum Gasteiger partial charge on any atom is 0.269 e. The molecular weight excluding hydrogens is 340 g/mol. The molecule has 0 unspecified atom stereocenters. The smallest absolute Gasteiger partial charge is 0.269 e. The predicted octanol–water partition coefficient (Wildman–Crippen LogP) is 2.82. The Kier molecular flexibility index (Phi) is 4.33. The largest absolute Gasteiger partial charge is 0.393 e. The van der Waals surface area contributed by atoms with Gasteiger partial charge in [-0.1, -0.05) is 36.4 Å². The fourth-order valence-electron chi connectivity index (χ4n) is 3.27. The van der Waals surface area contributed by atoms with E-state index in [1.54, 1.807) is 6.07 Å². The van der Waals surface area contributed by atoms with Crippen LogP contribution in [-0.4, -0.2) is 22.4 Å². The summed E-state index contributed by atoms with van der Waals surface area (Å²) >= 11 is 0. The number of nitrogen functional groups attached to an aromatic ring is 1. The average Bonchev–Trinajstić information content (AvgIpc) is 3.11. The number of amides is 1. The summed E-state index contributed by atoms with van der Waals surface area (Å²) in [5.41, 5.74) is 16.0. The van der Waals surface area contributed by atoms with Gasteiger partial charge >= 0.3 is 0 Å². The van der Waals surface area contributed by atoms with E-state index in [-0.39, 0.29) is 5.91 Å². The van der Waals surface area contributed by atoms with Gasteiger partial charge in [-0.15, -0.1) is 0 Å². The van der Waals surface area contributed by atoms with Gasteiger partial charge < -0.3 is 10.6 Å². The van der Waals surface area contributed by atoms with Crippen molar-refractivity contribution in [1.82, 2.24) is 15.4 Å². The van der Waals surface area contributed by atoms with Gasteiger partial charge in [0.05, 0.1) is 0 Å². The Morgan fingerprint density at radius 1 is 1.11 bits per heavy atom. The lowest BCUT2D eigenvalue weighted by atomic mass is 10.1. The second kappa shape index (κ2) is 6.95. The molecular formula is C20H20N6O. The highest BCUT2D eigenvalue weighted by Crippen LogP contribution is 2.37. The van der Waals surface area contributed by atoms with Gasteiger partial charge in [0.2, 0.25) is 0 Å². The van der Waals surface area contributed by atoms with Gasteiger partial charge in [-0.2, -0.15) is 0 Å². The first kappa shape index (κ1) is 16.8. The molecule has 0 saturated heterocycles. The number of fused-ring (bicyclic) bond motifs is 1. The number of benzene rings is 2. The molecule has 136 valence electrons.